The molecule has 2 heterocycles. The first kappa shape index (κ1) is 14.2. The van der Waals surface area contributed by atoms with Crippen molar-refractivity contribution in [3.05, 3.63) is 33.9 Å². The molecular formula is C13H14F2N2O4. The molecule has 0 N–H and O–H groups in total. The predicted octanol–water partition coefficient (Wildman–Crippen LogP) is 2.22. The van der Waals surface area contributed by atoms with E-state index < -0.39 is 28.0 Å². The van der Waals surface area contributed by atoms with Crippen LogP contribution in [-0.2, 0) is 9.47 Å². The average molecular weight is 300 g/mol. The van der Waals surface area contributed by atoms with Crippen LogP contribution >= 0.6 is 0 Å². The smallest absolute Gasteiger partial charge is 0.328 e. The summed E-state index contributed by atoms with van der Waals surface area (Å²) >= 11 is 0. The number of hydrogen-bond donors (Lipinski definition) is 0. The Bertz CT molecular complexity index is 576. The summed E-state index contributed by atoms with van der Waals surface area (Å²) in [4.78, 5) is 11.8. The summed E-state index contributed by atoms with van der Waals surface area (Å²) in [6.07, 6.45) is 1.32. The number of rotatable bonds is 2. The van der Waals surface area contributed by atoms with Gasteiger partial charge in [-0.15, -0.1) is 0 Å². The largest absolute Gasteiger partial charge is 0.360 e. The molecule has 0 radical (unpaired) electrons. The molecule has 8 heteroatoms. The molecule has 0 aromatic heterocycles. The highest BCUT2D eigenvalue weighted by Crippen LogP contribution is 2.37. The van der Waals surface area contributed by atoms with Crippen LogP contribution in [0.15, 0.2) is 12.1 Å². The molecule has 1 spiro atoms. The Kier molecular flexibility index (Phi) is 3.50. The Morgan fingerprint density at radius 3 is 2.67 bits per heavy atom. The second kappa shape index (κ2) is 5.19. The Balaban J connectivity index is 1.97. The highest BCUT2D eigenvalue weighted by molar-refractivity contribution is 5.64. The van der Waals surface area contributed by atoms with E-state index in [2.05, 4.69) is 0 Å². The number of ether oxygens (including phenoxy) is 2. The molecule has 3 rings (SSSR count). The third-order valence-electron chi connectivity index (χ3n) is 3.76. The minimum Gasteiger partial charge on any atom is -0.360 e. The van der Waals surface area contributed by atoms with Gasteiger partial charge in [0.2, 0.25) is 5.82 Å². The third kappa shape index (κ3) is 2.56. The van der Waals surface area contributed by atoms with Crippen LogP contribution in [-0.4, -0.2) is 37.0 Å². The summed E-state index contributed by atoms with van der Waals surface area (Å²) in [7, 11) is 0. The first-order chi connectivity index (χ1) is 10.0. The Morgan fingerprint density at radius 1 is 1.29 bits per heavy atom. The Morgan fingerprint density at radius 2 is 2.00 bits per heavy atom. The van der Waals surface area contributed by atoms with E-state index in [4.69, 9.17) is 9.47 Å². The highest BCUT2D eigenvalue weighted by atomic mass is 19.1. The van der Waals surface area contributed by atoms with E-state index in [0.29, 0.717) is 38.7 Å². The van der Waals surface area contributed by atoms with Crippen molar-refractivity contribution < 1.29 is 23.2 Å². The van der Waals surface area contributed by atoms with Crippen LogP contribution in [0, 0.1) is 21.7 Å². The molecule has 0 saturated carbocycles. The van der Waals surface area contributed by atoms with Gasteiger partial charge in [0.1, 0.15) is 11.5 Å². The van der Waals surface area contributed by atoms with Crippen molar-refractivity contribution >= 4 is 11.4 Å². The van der Waals surface area contributed by atoms with Gasteiger partial charge in [-0.1, -0.05) is 0 Å². The average Bonchev–Trinajstić information content (AvgIpc) is 2.85. The number of nitro benzene ring substituents is 1. The summed E-state index contributed by atoms with van der Waals surface area (Å²) in [6, 6.07) is 1.50. The number of halogens is 2. The molecule has 1 aromatic rings. The van der Waals surface area contributed by atoms with Crippen LogP contribution < -0.4 is 4.90 Å². The molecule has 0 amide bonds. The summed E-state index contributed by atoms with van der Waals surface area (Å²) in [6.45, 7) is 1.58. The number of nitro groups is 1. The number of benzene rings is 1. The van der Waals surface area contributed by atoms with Crippen LogP contribution in [0.2, 0.25) is 0 Å². The van der Waals surface area contributed by atoms with Crippen LogP contribution in [0.5, 0.6) is 0 Å². The zero-order valence-electron chi connectivity index (χ0n) is 11.2. The molecule has 2 aliphatic heterocycles. The molecule has 2 saturated heterocycles. The molecule has 6 nitrogen and oxygen atoms in total. The molecular weight excluding hydrogens is 286 g/mol. The van der Waals surface area contributed by atoms with Crippen molar-refractivity contribution in [1.29, 1.82) is 0 Å². The number of nitrogens with zero attached hydrogens (tertiary/aromatic N) is 2. The molecule has 21 heavy (non-hydrogen) atoms. The minimum atomic E-state index is -1.18. The molecule has 114 valence electrons. The molecule has 1 aromatic carbocycles. The minimum absolute atomic E-state index is 0.0734. The zero-order chi connectivity index (χ0) is 15.0. The number of piperidine rings is 1. The van der Waals surface area contributed by atoms with E-state index in [1.165, 1.54) is 0 Å². The van der Waals surface area contributed by atoms with Gasteiger partial charge >= 0.3 is 5.69 Å². The molecule has 2 aliphatic rings. The predicted molar refractivity (Wildman–Crippen MR) is 69.1 cm³/mol. The van der Waals surface area contributed by atoms with Crippen LogP contribution in [0.25, 0.3) is 0 Å². The number of hydrogen-bond acceptors (Lipinski definition) is 5. The lowest BCUT2D eigenvalue weighted by Crippen LogP contribution is -2.49. The molecule has 0 aliphatic carbocycles. The zero-order valence-corrected chi connectivity index (χ0v) is 11.2. The Labute approximate surface area is 119 Å². The maximum atomic E-state index is 13.7. The van der Waals surface area contributed by atoms with Gasteiger partial charge < -0.3 is 14.4 Å². The van der Waals surface area contributed by atoms with Gasteiger partial charge in [-0.2, -0.15) is 4.39 Å². The van der Waals surface area contributed by atoms with E-state index >= 15 is 0 Å². The summed E-state index contributed by atoms with van der Waals surface area (Å²) in [5, 5.41) is 11.1. The fourth-order valence-corrected chi connectivity index (χ4v) is 2.90. The van der Waals surface area contributed by atoms with Gasteiger partial charge in [-0.05, 0) is 6.42 Å². The Hall–Kier alpha value is -1.80. The van der Waals surface area contributed by atoms with Crippen LogP contribution in [0.3, 0.4) is 0 Å². The van der Waals surface area contributed by atoms with E-state index in [1.807, 2.05) is 0 Å². The van der Waals surface area contributed by atoms with Gasteiger partial charge in [-0.3, -0.25) is 10.1 Å². The lowest BCUT2D eigenvalue weighted by Gasteiger charge is -2.39. The second-order valence-electron chi connectivity index (χ2n) is 5.15. The van der Waals surface area contributed by atoms with Crippen LogP contribution in [0.1, 0.15) is 12.8 Å². The van der Waals surface area contributed by atoms with Gasteiger partial charge in [0.25, 0.3) is 0 Å². The van der Waals surface area contributed by atoms with E-state index in [0.717, 1.165) is 6.07 Å². The molecule has 0 unspecified atom stereocenters. The van der Waals surface area contributed by atoms with Gasteiger partial charge in [0.05, 0.1) is 24.7 Å². The van der Waals surface area contributed by atoms with Crippen LogP contribution in [0.4, 0.5) is 20.2 Å². The summed E-state index contributed by atoms with van der Waals surface area (Å²) in [5.74, 6) is -2.85. The van der Waals surface area contributed by atoms with Crippen molar-refractivity contribution in [2.45, 2.75) is 18.6 Å². The van der Waals surface area contributed by atoms with Crippen molar-refractivity contribution in [3.63, 3.8) is 0 Å². The topological polar surface area (TPSA) is 64.8 Å². The van der Waals surface area contributed by atoms with Crippen molar-refractivity contribution in [1.82, 2.24) is 0 Å². The monoisotopic (exact) mass is 300 g/mol. The molecule has 0 atom stereocenters. The lowest BCUT2D eigenvalue weighted by atomic mass is 10.0. The fraction of sp³-hybridized carbons (Fsp3) is 0.538. The van der Waals surface area contributed by atoms with Crippen molar-refractivity contribution in [2.24, 2.45) is 0 Å². The highest BCUT2D eigenvalue weighted by Gasteiger charge is 2.42. The third-order valence-corrected chi connectivity index (χ3v) is 3.76. The standard InChI is InChI=1S/C13H14F2N2O4/c14-9-6-10(15)12(17(18)19)11(7-9)16-3-1-2-13(8-16)20-4-5-21-13/h6-7H,1-5,8H2. The van der Waals surface area contributed by atoms with Gasteiger partial charge in [-0.25, -0.2) is 4.39 Å². The quantitative estimate of drug-likeness (QED) is 0.619. The fourth-order valence-electron chi connectivity index (χ4n) is 2.90. The first-order valence-electron chi connectivity index (χ1n) is 6.67. The van der Waals surface area contributed by atoms with E-state index in [1.54, 1.807) is 4.90 Å². The van der Waals surface area contributed by atoms with Crippen molar-refractivity contribution in [3.8, 4) is 0 Å². The molecule has 2 fully saturated rings. The first-order valence-corrected chi connectivity index (χ1v) is 6.67. The summed E-state index contributed by atoms with van der Waals surface area (Å²) < 4.78 is 38.3. The molecule has 0 bridgehead atoms. The van der Waals surface area contributed by atoms with Crippen molar-refractivity contribution in [2.75, 3.05) is 31.2 Å². The summed E-state index contributed by atoms with van der Waals surface area (Å²) in [5.41, 5.74) is -0.790. The van der Waals surface area contributed by atoms with Gasteiger partial charge in [0.15, 0.2) is 5.79 Å². The normalized spacial score (nSPS) is 21.0. The number of anilines is 1. The van der Waals surface area contributed by atoms with E-state index in [-0.39, 0.29) is 12.2 Å². The maximum absolute atomic E-state index is 13.7. The maximum Gasteiger partial charge on any atom is 0.328 e. The van der Waals surface area contributed by atoms with E-state index in [9.17, 15) is 18.9 Å². The van der Waals surface area contributed by atoms with Gasteiger partial charge in [0, 0.05) is 25.1 Å². The second-order valence-corrected chi connectivity index (χ2v) is 5.15. The SMILES string of the molecule is O=[N+]([O-])c1c(F)cc(F)cc1N1CCCC2(C1)OCCO2. The lowest BCUT2D eigenvalue weighted by molar-refractivity contribution is -0.386.